The Bertz CT molecular complexity index is 947. The molecular weight excluding hydrogens is 362 g/mol. The molecule has 7 heteroatoms. The summed E-state index contributed by atoms with van der Waals surface area (Å²) in [5, 5.41) is 0. The van der Waals surface area contributed by atoms with Gasteiger partial charge in [-0.15, -0.1) is 0 Å². The number of hydrogen-bond donors (Lipinski definition) is 2. The maximum atomic E-state index is 12.8. The summed E-state index contributed by atoms with van der Waals surface area (Å²) in [7, 11) is -3.62. The first-order chi connectivity index (χ1) is 12.6. The predicted octanol–water partition coefficient (Wildman–Crippen LogP) is 2.18. The van der Waals surface area contributed by atoms with Crippen LogP contribution < -0.4 is 15.4 Å². The van der Waals surface area contributed by atoms with Crippen LogP contribution in [0.1, 0.15) is 31.9 Å². The van der Waals surface area contributed by atoms with Gasteiger partial charge in [0, 0.05) is 11.2 Å². The average molecular weight is 388 g/mol. The molecule has 1 aliphatic heterocycles. The summed E-state index contributed by atoms with van der Waals surface area (Å²) in [6.07, 6.45) is 0.494. The van der Waals surface area contributed by atoms with Crippen LogP contribution in [0.4, 0.5) is 5.69 Å². The summed E-state index contributed by atoms with van der Waals surface area (Å²) in [6.45, 7) is 5.77. The molecule has 0 aliphatic carbocycles. The minimum Gasteiger partial charge on any atom is -0.320 e. The van der Waals surface area contributed by atoms with E-state index in [9.17, 15) is 13.2 Å². The van der Waals surface area contributed by atoms with Gasteiger partial charge < -0.3 is 10.6 Å². The van der Waals surface area contributed by atoms with Gasteiger partial charge in [0.15, 0.2) is 0 Å². The average Bonchev–Trinajstić information content (AvgIpc) is 2.70. The second-order valence-corrected chi connectivity index (χ2v) is 9.54. The van der Waals surface area contributed by atoms with Crippen LogP contribution >= 0.6 is 0 Å². The molecule has 0 saturated carbocycles. The van der Waals surface area contributed by atoms with Crippen molar-refractivity contribution in [1.29, 1.82) is 0 Å². The molecule has 0 radical (unpaired) electrons. The van der Waals surface area contributed by atoms with Crippen molar-refractivity contribution in [3.05, 3.63) is 59.7 Å². The number of nitrogens with one attached hydrogen (secondary N) is 1. The highest BCUT2D eigenvalue weighted by Crippen LogP contribution is 2.26. The summed E-state index contributed by atoms with van der Waals surface area (Å²) in [5.74, 6) is -0.172. The van der Waals surface area contributed by atoms with Gasteiger partial charge in [-0.25, -0.2) is 13.1 Å². The molecule has 0 spiro atoms. The summed E-state index contributed by atoms with van der Waals surface area (Å²) in [4.78, 5) is 14.5. The highest BCUT2D eigenvalue weighted by Gasteiger charge is 2.28. The van der Waals surface area contributed by atoms with Gasteiger partial charge in [0.1, 0.15) is 0 Å². The molecule has 0 aromatic heterocycles. The van der Waals surface area contributed by atoms with E-state index in [-0.39, 0.29) is 10.8 Å². The van der Waals surface area contributed by atoms with E-state index in [2.05, 4.69) is 4.72 Å². The van der Waals surface area contributed by atoms with Crippen LogP contribution in [0.25, 0.3) is 0 Å². The normalized spacial score (nSPS) is 18.1. The maximum Gasteiger partial charge on any atom is 0.244 e. The van der Waals surface area contributed by atoms with Gasteiger partial charge in [0.05, 0.1) is 17.5 Å². The van der Waals surface area contributed by atoms with E-state index in [1.165, 1.54) is 12.1 Å². The van der Waals surface area contributed by atoms with E-state index in [0.717, 1.165) is 11.1 Å². The lowest BCUT2D eigenvalue weighted by Crippen LogP contribution is -2.43. The number of nitrogens with zero attached hydrogens (tertiary/aromatic N) is 1. The number of amides is 1. The van der Waals surface area contributed by atoms with Gasteiger partial charge in [-0.3, -0.25) is 4.79 Å². The molecule has 0 bridgehead atoms. The topological polar surface area (TPSA) is 92.5 Å². The van der Waals surface area contributed by atoms with Crippen molar-refractivity contribution in [2.24, 2.45) is 5.73 Å². The van der Waals surface area contributed by atoms with Gasteiger partial charge >= 0.3 is 0 Å². The molecule has 3 N–H and O–H groups in total. The molecule has 6 nitrogen and oxygen atoms in total. The zero-order chi connectivity index (χ0) is 19.8. The smallest absolute Gasteiger partial charge is 0.244 e. The van der Waals surface area contributed by atoms with Gasteiger partial charge in [-0.1, -0.05) is 24.3 Å². The summed E-state index contributed by atoms with van der Waals surface area (Å²) < 4.78 is 27.5. The standard InChI is InChI=1S/C20H25N3O3S/c1-20(2,3)22-27(25,26)17-10-8-16(9-11-17)23-13-15-7-5-4-6-14(15)12-18(21)19(23)24/h4-11,18,22H,12-13,21H2,1-3H3. The molecule has 1 unspecified atom stereocenters. The molecule has 1 atom stereocenters. The Balaban J connectivity index is 1.91. The van der Waals surface area contributed by atoms with Gasteiger partial charge in [-0.2, -0.15) is 0 Å². The fourth-order valence-corrected chi connectivity index (χ4v) is 4.59. The number of sulfonamides is 1. The first-order valence-corrected chi connectivity index (χ1v) is 10.3. The Morgan fingerprint density at radius 1 is 1.04 bits per heavy atom. The van der Waals surface area contributed by atoms with Crippen LogP contribution in [-0.4, -0.2) is 25.9 Å². The molecular formula is C20H25N3O3S. The predicted molar refractivity (Wildman–Crippen MR) is 106 cm³/mol. The molecule has 27 heavy (non-hydrogen) atoms. The molecule has 3 rings (SSSR count). The van der Waals surface area contributed by atoms with Crippen molar-refractivity contribution in [2.45, 2.75) is 50.2 Å². The molecule has 2 aromatic carbocycles. The molecule has 1 amide bonds. The number of rotatable bonds is 3. The van der Waals surface area contributed by atoms with Gasteiger partial charge in [0.2, 0.25) is 15.9 Å². The van der Waals surface area contributed by atoms with E-state index in [4.69, 9.17) is 5.73 Å². The van der Waals surface area contributed by atoms with Crippen molar-refractivity contribution < 1.29 is 13.2 Å². The molecule has 0 saturated heterocycles. The van der Waals surface area contributed by atoms with Gasteiger partial charge in [0.25, 0.3) is 0 Å². The Morgan fingerprint density at radius 2 is 1.63 bits per heavy atom. The maximum absolute atomic E-state index is 12.8. The van der Waals surface area contributed by atoms with Gasteiger partial charge in [-0.05, 0) is 62.6 Å². The number of fused-ring (bicyclic) bond motifs is 1. The summed E-state index contributed by atoms with van der Waals surface area (Å²) in [5.41, 5.74) is 8.25. The highest BCUT2D eigenvalue weighted by atomic mass is 32.2. The second kappa shape index (κ2) is 7.07. The van der Waals surface area contributed by atoms with E-state index in [0.29, 0.717) is 18.7 Å². The zero-order valence-corrected chi connectivity index (χ0v) is 16.6. The second-order valence-electron chi connectivity index (χ2n) is 7.85. The largest absolute Gasteiger partial charge is 0.320 e. The molecule has 1 heterocycles. The third-order valence-corrected chi connectivity index (χ3v) is 6.14. The quantitative estimate of drug-likeness (QED) is 0.844. The lowest BCUT2D eigenvalue weighted by atomic mass is 10.0. The number of hydrogen-bond acceptors (Lipinski definition) is 4. The number of anilines is 1. The number of benzene rings is 2. The van der Waals surface area contributed by atoms with Crippen LogP contribution in [0.3, 0.4) is 0 Å². The SMILES string of the molecule is CC(C)(C)NS(=O)(=O)c1ccc(N2Cc3ccccc3CC(N)C2=O)cc1. The minimum atomic E-state index is -3.62. The fraction of sp³-hybridized carbons (Fsp3) is 0.350. The van der Waals surface area contributed by atoms with Crippen molar-refractivity contribution in [3.8, 4) is 0 Å². The monoisotopic (exact) mass is 387 g/mol. The summed E-state index contributed by atoms with van der Waals surface area (Å²) in [6, 6.07) is 13.5. The van der Waals surface area contributed by atoms with Crippen molar-refractivity contribution >= 4 is 21.6 Å². The number of carbonyl (C=O) groups excluding carboxylic acids is 1. The van der Waals surface area contributed by atoms with E-state index >= 15 is 0 Å². The first-order valence-electron chi connectivity index (χ1n) is 8.85. The first kappa shape index (κ1) is 19.5. The molecule has 144 valence electrons. The number of carbonyl (C=O) groups is 1. The van der Waals surface area contributed by atoms with E-state index in [1.54, 1.807) is 37.8 Å². The zero-order valence-electron chi connectivity index (χ0n) is 15.8. The third kappa shape index (κ3) is 4.37. The van der Waals surface area contributed by atoms with Crippen LogP contribution in [0.15, 0.2) is 53.4 Å². The van der Waals surface area contributed by atoms with Crippen molar-refractivity contribution in [2.75, 3.05) is 4.90 Å². The molecule has 0 fully saturated rings. The van der Waals surface area contributed by atoms with Crippen molar-refractivity contribution in [3.63, 3.8) is 0 Å². The van der Waals surface area contributed by atoms with Crippen LogP contribution in [0.2, 0.25) is 0 Å². The Hall–Kier alpha value is -2.22. The summed E-state index contributed by atoms with van der Waals surface area (Å²) >= 11 is 0. The van der Waals surface area contributed by atoms with Crippen LogP contribution in [0.5, 0.6) is 0 Å². The highest BCUT2D eigenvalue weighted by molar-refractivity contribution is 7.89. The van der Waals surface area contributed by atoms with Crippen LogP contribution in [-0.2, 0) is 27.8 Å². The third-order valence-electron chi connectivity index (χ3n) is 4.37. The molecule has 2 aromatic rings. The van der Waals surface area contributed by atoms with E-state index < -0.39 is 21.6 Å². The Morgan fingerprint density at radius 3 is 2.22 bits per heavy atom. The van der Waals surface area contributed by atoms with E-state index in [1.807, 2.05) is 24.3 Å². The number of nitrogens with two attached hydrogens (primary N) is 1. The Labute approximate surface area is 160 Å². The van der Waals surface area contributed by atoms with Crippen LogP contribution in [0, 0.1) is 0 Å². The molecule has 1 aliphatic rings. The minimum absolute atomic E-state index is 0.160. The van der Waals surface area contributed by atoms with Crippen molar-refractivity contribution in [1.82, 2.24) is 4.72 Å². The fourth-order valence-electron chi connectivity index (χ4n) is 3.17. The lowest BCUT2D eigenvalue weighted by molar-refractivity contribution is -0.119. The Kier molecular flexibility index (Phi) is 5.12. The lowest BCUT2D eigenvalue weighted by Gasteiger charge is -2.24.